The molecule has 0 spiro atoms. The summed E-state index contributed by atoms with van der Waals surface area (Å²) in [6.07, 6.45) is 0.215. The molecule has 0 aliphatic heterocycles. The second-order valence-corrected chi connectivity index (χ2v) is 1.27. The Balaban J connectivity index is 0. The number of aliphatic hydroxyl groups is 2. The SMILES string of the molecule is CCCC(O)O.[Bi]. The zero-order valence-electron chi connectivity index (χ0n) is 4.33. The summed E-state index contributed by atoms with van der Waals surface area (Å²) in [4.78, 5) is 0. The van der Waals surface area contributed by atoms with Crippen LogP contribution in [0.3, 0.4) is 0 Å². The van der Waals surface area contributed by atoms with Crippen LogP contribution < -0.4 is 0 Å². The van der Waals surface area contributed by atoms with E-state index in [0.29, 0.717) is 6.42 Å². The maximum Gasteiger partial charge on any atom is 0.151 e. The zero-order valence-corrected chi connectivity index (χ0v) is 7.81. The summed E-state index contributed by atoms with van der Waals surface area (Å²) >= 11 is 0. The van der Waals surface area contributed by atoms with Crippen molar-refractivity contribution >= 4 is 26.2 Å². The fourth-order valence-corrected chi connectivity index (χ4v) is 0.258. The average molecular weight is 299 g/mol. The molecular weight excluding hydrogens is 289 g/mol. The maximum absolute atomic E-state index is 8.11. The van der Waals surface area contributed by atoms with Gasteiger partial charge in [-0.2, -0.15) is 0 Å². The standard InChI is InChI=1S/C4H10O2.Bi/c1-2-3-4(5)6;/h4-6H,2-3H2,1H3;. The van der Waals surface area contributed by atoms with Gasteiger partial charge in [-0.05, 0) is 6.42 Å². The molecule has 2 nitrogen and oxygen atoms in total. The van der Waals surface area contributed by atoms with Crippen LogP contribution in [0.25, 0.3) is 0 Å². The summed E-state index contributed by atoms with van der Waals surface area (Å²) in [5, 5.41) is 16.2. The van der Waals surface area contributed by atoms with Crippen molar-refractivity contribution in [1.82, 2.24) is 0 Å². The Kier molecular flexibility index (Phi) is 10.4. The molecule has 3 radical (unpaired) electrons. The van der Waals surface area contributed by atoms with Gasteiger partial charge in [-0.3, -0.25) is 0 Å². The van der Waals surface area contributed by atoms with Crippen molar-refractivity contribution in [3.8, 4) is 0 Å². The first-order valence-corrected chi connectivity index (χ1v) is 2.13. The van der Waals surface area contributed by atoms with Crippen molar-refractivity contribution in [3.05, 3.63) is 0 Å². The van der Waals surface area contributed by atoms with Crippen molar-refractivity contribution in [2.75, 3.05) is 0 Å². The minimum absolute atomic E-state index is 0. The van der Waals surface area contributed by atoms with Crippen molar-refractivity contribution in [3.63, 3.8) is 0 Å². The van der Waals surface area contributed by atoms with Crippen LogP contribution in [0, 0.1) is 0 Å². The molecule has 0 rings (SSSR count). The molecule has 43 valence electrons. The molecule has 3 heteroatoms. The molecule has 0 aromatic rings. The van der Waals surface area contributed by atoms with Gasteiger partial charge >= 0.3 is 0 Å². The molecule has 7 heavy (non-hydrogen) atoms. The third-order valence-corrected chi connectivity index (χ3v) is 0.547. The van der Waals surface area contributed by atoms with E-state index in [0.717, 1.165) is 6.42 Å². The van der Waals surface area contributed by atoms with E-state index in [4.69, 9.17) is 10.2 Å². The molecule has 0 saturated carbocycles. The topological polar surface area (TPSA) is 40.5 Å². The van der Waals surface area contributed by atoms with Crippen LogP contribution in [0.1, 0.15) is 19.8 Å². The number of hydrogen-bond acceptors (Lipinski definition) is 2. The van der Waals surface area contributed by atoms with Gasteiger partial charge < -0.3 is 10.2 Å². The van der Waals surface area contributed by atoms with E-state index >= 15 is 0 Å². The van der Waals surface area contributed by atoms with E-state index in [1.54, 1.807) is 0 Å². The van der Waals surface area contributed by atoms with E-state index in [-0.39, 0.29) is 26.2 Å². The van der Waals surface area contributed by atoms with Crippen molar-refractivity contribution in [2.45, 2.75) is 26.1 Å². The van der Waals surface area contributed by atoms with Crippen LogP contribution in [-0.2, 0) is 0 Å². The third-order valence-electron chi connectivity index (χ3n) is 0.547. The van der Waals surface area contributed by atoms with Crippen LogP contribution in [0.15, 0.2) is 0 Å². The first-order valence-electron chi connectivity index (χ1n) is 2.13. The Bertz CT molecular complexity index is 30.9. The smallest absolute Gasteiger partial charge is 0.151 e. The molecule has 0 bridgehead atoms. The molecule has 0 aromatic carbocycles. The number of rotatable bonds is 2. The minimum Gasteiger partial charge on any atom is -0.368 e. The summed E-state index contributed by atoms with van der Waals surface area (Å²) in [5.41, 5.74) is 0. The number of aliphatic hydroxyl groups excluding tert-OH is 1. The molecule has 0 aliphatic carbocycles. The van der Waals surface area contributed by atoms with Gasteiger partial charge in [-0.1, -0.05) is 13.3 Å². The van der Waals surface area contributed by atoms with E-state index in [1.165, 1.54) is 0 Å². The predicted octanol–water partition coefficient (Wildman–Crippen LogP) is -0.284. The Morgan fingerprint density at radius 1 is 1.43 bits per heavy atom. The van der Waals surface area contributed by atoms with Gasteiger partial charge in [0.15, 0.2) is 6.29 Å². The Hall–Kier alpha value is 0.803. The van der Waals surface area contributed by atoms with Gasteiger partial charge in [-0.25, -0.2) is 0 Å². The fourth-order valence-electron chi connectivity index (χ4n) is 0.258. The third kappa shape index (κ3) is 10.9. The largest absolute Gasteiger partial charge is 0.368 e. The summed E-state index contributed by atoms with van der Waals surface area (Å²) in [6.45, 7) is 1.90. The number of hydrogen-bond donors (Lipinski definition) is 2. The molecule has 0 amide bonds. The Morgan fingerprint density at radius 2 is 1.86 bits per heavy atom. The average Bonchev–Trinajstić information content (AvgIpc) is 1.35. The first-order chi connectivity index (χ1) is 2.77. The van der Waals surface area contributed by atoms with Gasteiger partial charge in [-0.15, -0.1) is 0 Å². The van der Waals surface area contributed by atoms with E-state index < -0.39 is 6.29 Å². The first kappa shape index (κ1) is 10.7. The second kappa shape index (κ2) is 6.80. The molecule has 0 aliphatic rings. The minimum atomic E-state index is -1.10. The molecule has 0 aromatic heterocycles. The molecular formula is C4H10BiO2. The van der Waals surface area contributed by atoms with Crippen LogP contribution in [-0.4, -0.2) is 42.7 Å². The summed E-state index contributed by atoms with van der Waals surface area (Å²) in [7, 11) is 0. The van der Waals surface area contributed by atoms with Gasteiger partial charge in [0, 0.05) is 26.2 Å². The Labute approximate surface area is 62.7 Å². The molecule has 0 saturated heterocycles. The van der Waals surface area contributed by atoms with Gasteiger partial charge in [0.25, 0.3) is 0 Å². The van der Waals surface area contributed by atoms with Gasteiger partial charge in [0.05, 0.1) is 0 Å². The summed E-state index contributed by atoms with van der Waals surface area (Å²) < 4.78 is 0. The molecule has 0 unspecified atom stereocenters. The molecule has 0 fully saturated rings. The van der Waals surface area contributed by atoms with E-state index in [2.05, 4.69) is 0 Å². The quantitative estimate of drug-likeness (QED) is 0.544. The molecule has 0 heterocycles. The fraction of sp³-hybridized carbons (Fsp3) is 1.00. The van der Waals surface area contributed by atoms with Crippen molar-refractivity contribution in [2.24, 2.45) is 0 Å². The molecule has 0 atom stereocenters. The summed E-state index contributed by atoms with van der Waals surface area (Å²) in [5.74, 6) is 0. The predicted molar refractivity (Wildman–Crippen MR) is 28.9 cm³/mol. The van der Waals surface area contributed by atoms with E-state index in [9.17, 15) is 0 Å². The van der Waals surface area contributed by atoms with Crippen molar-refractivity contribution < 1.29 is 10.2 Å². The van der Waals surface area contributed by atoms with Crippen LogP contribution >= 0.6 is 0 Å². The van der Waals surface area contributed by atoms with Crippen molar-refractivity contribution in [1.29, 1.82) is 0 Å². The monoisotopic (exact) mass is 299 g/mol. The van der Waals surface area contributed by atoms with Crippen LogP contribution in [0.5, 0.6) is 0 Å². The maximum atomic E-state index is 8.11. The van der Waals surface area contributed by atoms with E-state index in [1.807, 2.05) is 6.92 Å². The normalized spacial score (nSPS) is 8.57. The van der Waals surface area contributed by atoms with Crippen LogP contribution in [0.4, 0.5) is 0 Å². The molecule has 2 N–H and O–H groups in total. The zero-order chi connectivity index (χ0) is 4.99. The second-order valence-electron chi connectivity index (χ2n) is 1.27. The summed E-state index contributed by atoms with van der Waals surface area (Å²) in [6, 6.07) is 0. The van der Waals surface area contributed by atoms with Gasteiger partial charge in [0.2, 0.25) is 0 Å². The van der Waals surface area contributed by atoms with Gasteiger partial charge in [0.1, 0.15) is 0 Å². The van der Waals surface area contributed by atoms with Crippen LogP contribution in [0.2, 0.25) is 0 Å². The Morgan fingerprint density at radius 3 is 1.86 bits per heavy atom.